The number of esters is 1. The average molecular weight is 382 g/mol. The molecule has 0 saturated carbocycles. The normalized spacial score (nSPS) is 13.7. The Kier molecular flexibility index (Phi) is 8.66. The lowest BCUT2D eigenvalue weighted by Crippen LogP contribution is -2.29. The molecule has 6 heteroatoms. The summed E-state index contributed by atoms with van der Waals surface area (Å²) >= 11 is 6.20. The summed E-state index contributed by atoms with van der Waals surface area (Å²) in [6.07, 6.45) is 3.47. The topological polar surface area (TPSA) is 46.6 Å². The number of ether oxygens (including phenoxy) is 1. The highest BCUT2D eigenvalue weighted by Crippen LogP contribution is 2.26. The summed E-state index contributed by atoms with van der Waals surface area (Å²) < 4.78 is 19.5. The lowest BCUT2D eigenvalue weighted by molar-refractivity contribution is -0.140. The van der Waals surface area contributed by atoms with Gasteiger partial charge in [-0.1, -0.05) is 48.0 Å². The molecule has 1 aromatic carbocycles. The molecular formula is C19H24ClNO3S. The second-order valence-electron chi connectivity index (χ2n) is 5.34. The van der Waals surface area contributed by atoms with Crippen molar-refractivity contribution in [3.05, 3.63) is 64.9 Å². The fraction of sp³-hybridized carbons (Fsp3) is 0.316. The Labute approximate surface area is 157 Å². The number of hydrogen-bond donors (Lipinski definition) is 0. The van der Waals surface area contributed by atoms with E-state index in [1.807, 2.05) is 51.1 Å². The summed E-state index contributed by atoms with van der Waals surface area (Å²) in [5.74, 6) is -0.363. The van der Waals surface area contributed by atoms with Crippen molar-refractivity contribution in [3.8, 4) is 0 Å². The SMILES string of the molecule is C=C/C(Cl)=C(C)\C(=C/C)N(CCC(=O)OC)S(=O)c1ccc(C)cc1. The number of rotatable bonds is 8. The summed E-state index contributed by atoms with van der Waals surface area (Å²) in [6, 6.07) is 7.44. The first-order valence-corrected chi connectivity index (χ1v) is 9.32. The van der Waals surface area contributed by atoms with E-state index in [-0.39, 0.29) is 18.9 Å². The number of nitrogens with zero attached hydrogens (tertiary/aromatic N) is 1. The first-order valence-electron chi connectivity index (χ1n) is 7.84. The zero-order valence-electron chi connectivity index (χ0n) is 15.0. The van der Waals surface area contributed by atoms with E-state index in [0.717, 1.165) is 11.1 Å². The molecule has 4 nitrogen and oxygen atoms in total. The van der Waals surface area contributed by atoms with Crippen LogP contribution in [0.25, 0.3) is 0 Å². The summed E-state index contributed by atoms with van der Waals surface area (Å²) in [5, 5.41) is 0.470. The number of hydrogen-bond acceptors (Lipinski definition) is 3. The van der Waals surface area contributed by atoms with E-state index < -0.39 is 11.0 Å². The Morgan fingerprint density at radius 1 is 1.36 bits per heavy atom. The Morgan fingerprint density at radius 2 is 1.96 bits per heavy atom. The van der Waals surface area contributed by atoms with Crippen molar-refractivity contribution in [2.24, 2.45) is 0 Å². The monoisotopic (exact) mass is 381 g/mol. The third-order valence-electron chi connectivity index (χ3n) is 3.63. The van der Waals surface area contributed by atoms with Gasteiger partial charge in [0.25, 0.3) is 0 Å². The van der Waals surface area contributed by atoms with Crippen molar-refractivity contribution in [1.29, 1.82) is 0 Å². The van der Waals surface area contributed by atoms with Crippen LogP contribution in [0.2, 0.25) is 0 Å². The highest BCUT2D eigenvalue weighted by atomic mass is 35.5. The number of carbonyl (C=O) groups excluding carboxylic acids is 1. The van der Waals surface area contributed by atoms with Gasteiger partial charge in [0.05, 0.1) is 18.4 Å². The number of benzene rings is 1. The molecule has 0 aliphatic carbocycles. The van der Waals surface area contributed by atoms with E-state index in [4.69, 9.17) is 16.3 Å². The molecule has 0 aromatic heterocycles. The molecule has 0 bridgehead atoms. The van der Waals surface area contributed by atoms with Gasteiger partial charge in [-0.3, -0.25) is 9.10 Å². The van der Waals surface area contributed by atoms with Crippen molar-refractivity contribution >= 4 is 28.6 Å². The largest absolute Gasteiger partial charge is 0.469 e. The molecular weight excluding hydrogens is 358 g/mol. The van der Waals surface area contributed by atoms with E-state index in [9.17, 15) is 9.00 Å². The molecule has 0 aliphatic rings. The van der Waals surface area contributed by atoms with Gasteiger partial charge in [-0.25, -0.2) is 4.21 Å². The maximum atomic E-state index is 13.1. The minimum atomic E-state index is -1.49. The van der Waals surface area contributed by atoms with Crippen LogP contribution < -0.4 is 0 Å². The predicted octanol–water partition coefficient (Wildman–Crippen LogP) is 4.49. The van der Waals surface area contributed by atoms with Gasteiger partial charge in [0, 0.05) is 17.3 Å². The molecule has 0 heterocycles. The molecule has 0 fully saturated rings. The van der Waals surface area contributed by atoms with E-state index >= 15 is 0 Å². The van der Waals surface area contributed by atoms with Crippen molar-refractivity contribution in [2.75, 3.05) is 13.7 Å². The van der Waals surface area contributed by atoms with Crippen LogP contribution in [-0.2, 0) is 20.5 Å². The molecule has 1 rings (SSSR count). The van der Waals surface area contributed by atoms with Crippen molar-refractivity contribution in [1.82, 2.24) is 4.31 Å². The van der Waals surface area contributed by atoms with Gasteiger partial charge in [0.2, 0.25) is 0 Å². The zero-order valence-corrected chi connectivity index (χ0v) is 16.6. The van der Waals surface area contributed by atoms with Crippen LogP contribution in [-0.4, -0.2) is 28.1 Å². The first kappa shape index (κ1) is 21.2. The summed E-state index contributed by atoms with van der Waals surface area (Å²) in [7, 11) is -0.154. The Bertz CT molecular complexity index is 708. The van der Waals surface area contributed by atoms with Crippen LogP contribution >= 0.6 is 11.6 Å². The van der Waals surface area contributed by atoms with Gasteiger partial charge in [0.15, 0.2) is 11.0 Å². The van der Waals surface area contributed by atoms with Crippen molar-refractivity contribution in [3.63, 3.8) is 0 Å². The standard InChI is InChI=1S/C19H24ClNO3S/c1-6-17(20)15(4)18(7-2)21(13-12-19(22)24-5)25(23)16-10-8-14(3)9-11-16/h6-11H,1,12-13H2,2-5H3/b17-15+,18-7+. The van der Waals surface area contributed by atoms with Crippen LogP contribution in [0.3, 0.4) is 0 Å². The van der Waals surface area contributed by atoms with Gasteiger partial charge in [-0.15, -0.1) is 0 Å². The maximum Gasteiger partial charge on any atom is 0.307 e. The second-order valence-corrected chi connectivity index (χ2v) is 7.16. The van der Waals surface area contributed by atoms with Crippen LogP contribution in [0.4, 0.5) is 0 Å². The molecule has 0 radical (unpaired) electrons. The number of methoxy groups -OCH3 is 1. The number of allylic oxidation sites excluding steroid dienone is 4. The molecule has 25 heavy (non-hydrogen) atoms. The smallest absolute Gasteiger partial charge is 0.307 e. The molecule has 1 aromatic rings. The summed E-state index contributed by atoms with van der Waals surface area (Å²) in [5.41, 5.74) is 2.51. The maximum absolute atomic E-state index is 13.1. The average Bonchev–Trinajstić information content (AvgIpc) is 2.63. The van der Waals surface area contributed by atoms with Gasteiger partial charge >= 0.3 is 5.97 Å². The van der Waals surface area contributed by atoms with E-state index in [1.165, 1.54) is 13.2 Å². The van der Waals surface area contributed by atoms with Gasteiger partial charge in [-0.05, 0) is 38.5 Å². The molecule has 0 amide bonds. The zero-order chi connectivity index (χ0) is 19.0. The molecule has 0 saturated heterocycles. The first-order chi connectivity index (χ1) is 11.8. The Hall–Kier alpha value is -1.85. The van der Waals surface area contributed by atoms with Crippen LogP contribution in [0.5, 0.6) is 0 Å². The molecule has 0 aliphatic heterocycles. The van der Waals surface area contributed by atoms with Crippen LogP contribution in [0.15, 0.2) is 64.2 Å². The second kappa shape index (κ2) is 10.2. The lowest BCUT2D eigenvalue weighted by atomic mass is 10.2. The molecule has 0 N–H and O–H groups in total. The summed E-state index contributed by atoms with van der Waals surface area (Å²) in [6.45, 7) is 9.55. The van der Waals surface area contributed by atoms with Crippen LogP contribution in [0, 0.1) is 6.92 Å². The number of halogens is 1. The van der Waals surface area contributed by atoms with Crippen molar-refractivity contribution < 1.29 is 13.7 Å². The van der Waals surface area contributed by atoms with Crippen molar-refractivity contribution in [2.45, 2.75) is 32.1 Å². The minimum Gasteiger partial charge on any atom is -0.469 e. The van der Waals surface area contributed by atoms with Gasteiger partial charge < -0.3 is 4.74 Å². The fourth-order valence-corrected chi connectivity index (χ4v) is 3.59. The fourth-order valence-electron chi connectivity index (χ4n) is 2.19. The highest BCUT2D eigenvalue weighted by Gasteiger charge is 2.21. The predicted molar refractivity (Wildman–Crippen MR) is 103 cm³/mol. The highest BCUT2D eigenvalue weighted by molar-refractivity contribution is 7.82. The molecule has 0 spiro atoms. The number of aryl methyl sites for hydroxylation is 1. The quantitative estimate of drug-likeness (QED) is 0.492. The third kappa shape index (κ3) is 5.87. The van der Waals surface area contributed by atoms with E-state index in [1.54, 1.807) is 4.31 Å². The van der Waals surface area contributed by atoms with Gasteiger partial charge in [0.1, 0.15) is 0 Å². The van der Waals surface area contributed by atoms with Crippen LogP contribution in [0.1, 0.15) is 25.8 Å². The van der Waals surface area contributed by atoms with E-state index in [0.29, 0.717) is 15.6 Å². The minimum absolute atomic E-state index is 0.116. The molecule has 136 valence electrons. The summed E-state index contributed by atoms with van der Waals surface area (Å²) in [4.78, 5) is 12.2. The molecule has 1 unspecified atom stereocenters. The van der Waals surface area contributed by atoms with E-state index in [2.05, 4.69) is 6.58 Å². The van der Waals surface area contributed by atoms with Gasteiger partial charge in [-0.2, -0.15) is 0 Å². The molecule has 1 atom stereocenters. The Balaban J connectivity index is 3.27. The Morgan fingerprint density at radius 3 is 2.44 bits per heavy atom. The lowest BCUT2D eigenvalue weighted by Gasteiger charge is -2.27. The third-order valence-corrected chi connectivity index (χ3v) is 5.53. The number of carbonyl (C=O) groups is 1.